The van der Waals surface area contributed by atoms with Gasteiger partial charge in [-0.25, -0.2) is 0 Å². The molecular weight excluding hydrogens is 430 g/mol. The molecule has 0 bridgehead atoms. The molecule has 0 unspecified atom stereocenters. The highest BCUT2D eigenvalue weighted by Crippen LogP contribution is 2.43. The van der Waals surface area contributed by atoms with E-state index in [1.165, 1.54) is 6.92 Å². The van der Waals surface area contributed by atoms with Crippen molar-refractivity contribution < 1.29 is 29.4 Å². The second-order valence-corrected chi connectivity index (χ2v) is 8.30. The molecule has 0 aliphatic carbocycles. The molecule has 11 nitrogen and oxygen atoms in total. The largest absolute Gasteiger partial charge is 0.483 e. The fraction of sp³-hybridized carbons (Fsp3) is 0.409. The van der Waals surface area contributed by atoms with Crippen LogP contribution in [0.25, 0.3) is 0 Å². The summed E-state index contributed by atoms with van der Waals surface area (Å²) in [5.74, 6) is -0.457. The summed E-state index contributed by atoms with van der Waals surface area (Å²) in [5, 5.41) is 23.8. The van der Waals surface area contributed by atoms with E-state index >= 15 is 0 Å². The van der Waals surface area contributed by atoms with Crippen LogP contribution in [-0.2, 0) is 16.6 Å². The topological polar surface area (TPSA) is 145 Å². The van der Waals surface area contributed by atoms with Gasteiger partial charge >= 0.3 is 0 Å². The Morgan fingerprint density at radius 2 is 1.82 bits per heavy atom. The number of aryl methyl sites for hydroxylation is 1. The van der Waals surface area contributed by atoms with Crippen molar-refractivity contribution in [3.63, 3.8) is 0 Å². The normalized spacial score (nSPS) is 21.1. The first-order valence-corrected chi connectivity index (χ1v) is 10.4. The van der Waals surface area contributed by atoms with Crippen LogP contribution in [0.3, 0.4) is 0 Å². The number of likely N-dealkylation sites (tertiary alicyclic amines) is 2. The summed E-state index contributed by atoms with van der Waals surface area (Å²) in [7, 11) is 1.72. The van der Waals surface area contributed by atoms with Gasteiger partial charge in [-0.1, -0.05) is 6.07 Å². The van der Waals surface area contributed by atoms with Crippen LogP contribution < -0.4 is 5.32 Å². The lowest BCUT2D eigenvalue weighted by Gasteiger charge is -2.27. The molecule has 3 N–H and O–H groups in total. The highest BCUT2D eigenvalue weighted by molar-refractivity contribution is 5.97. The van der Waals surface area contributed by atoms with E-state index in [9.17, 15) is 19.5 Å². The summed E-state index contributed by atoms with van der Waals surface area (Å²) in [6.07, 6.45) is 1.58. The number of benzene rings is 1. The standard InChI is InChI=1S/C21H25N5O4.CH2O2/c1-14(28)23-17-5-3-4-15(8-17)19(29)25-9-16-10-26(12-21(16,11-25)13-27)20(30)18-6-7-22-24(18)2;2-1-3/h3-8,16,27H,9-13H2,1-2H3,(H,23,28);1H,(H,2,3)/t16-,21+;/m0./s1. The minimum atomic E-state index is -0.529. The summed E-state index contributed by atoms with van der Waals surface area (Å²) < 4.78 is 1.54. The van der Waals surface area contributed by atoms with E-state index in [0.29, 0.717) is 43.1 Å². The number of aromatic nitrogens is 2. The molecule has 1 aromatic heterocycles. The van der Waals surface area contributed by atoms with E-state index in [-0.39, 0.29) is 36.7 Å². The third-order valence-corrected chi connectivity index (χ3v) is 6.12. The number of aliphatic hydroxyl groups excluding tert-OH is 1. The van der Waals surface area contributed by atoms with Gasteiger partial charge in [0.1, 0.15) is 5.69 Å². The number of nitrogens with one attached hydrogen (secondary N) is 1. The predicted molar refractivity (Wildman–Crippen MR) is 117 cm³/mol. The summed E-state index contributed by atoms with van der Waals surface area (Å²) in [5.41, 5.74) is 1.03. The molecule has 11 heteroatoms. The monoisotopic (exact) mass is 457 g/mol. The van der Waals surface area contributed by atoms with Crippen molar-refractivity contribution in [2.45, 2.75) is 6.92 Å². The molecule has 2 aliphatic rings. The Hall–Kier alpha value is -3.73. The van der Waals surface area contributed by atoms with Gasteiger partial charge in [-0.3, -0.25) is 23.9 Å². The molecule has 2 aromatic rings. The summed E-state index contributed by atoms with van der Waals surface area (Å²) in [4.78, 5) is 49.0. The molecule has 0 radical (unpaired) electrons. The highest BCUT2D eigenvalue weighted by Gasteiger charge is 2.54. The van der Waals surface area contributed by atoms with Crippen molar-refractivity contribution >= 4 is 29.9 Å². The van der Waals surface area contributed by atoms with Crippen LogP contribution in [0.1, 0.15) is 27.8 Å². The van der Waals surface area contributed by atoms with E-state index in [2.05, 4.69) is 10.4 Å². The number of carbonyl (C=O) groups is 4. The van der Waals surface area contributed by atoms with Gasteiger partial charge in [0.25, 0.3) is 18.3 Å². The maximum atomic E-state index is 13.1. The zero-order valence-electron chi connectivity index (χ0n) is 18.5. The molecule has 33 heavy (non-hydrogen) atoms. The summed E-state index contributed by atoms with van der Waals surface area (Å²) in [6.45, 7) is 2.81. The summed E-state index contributed by atoms with van der Waals surface area (Å²) >= 11 is 0. The van der Waals surface area contributed by atoms with Gasteiger partial charge in [-0.05, 0) is 24.3 Å². The second-order valence-electron chi connectivity index (χ2n) is 8.30. The zero-order chi connectivity index (χ0) is 24.2. The van der Waals surface area contributed by atoms with Crippen molar-refractivity contribution in [3.8, 4) is 0 Å². The Labute approximate surface area is 190 Å². The van der Waals surface area contributed by atoms with Crippen LogP contribution in [0, 0.1) is 11.3 Å². The fourth-order valence-corrected chi connectivity index (χ4v) is 4.57. The van der Waals surface area contributed by atoms with Crippen LogP contribution in [0.2, 0.25) is 0 Å². The quantitative estimate of drug-likeness (QED) is 0.560. The van der Waals surface area contributed by atoms with Gasteiger partial charge < -0.3 is 25.3 Å². The zero-order valence-corrected chi connectivity index (χ0v) is 18.5. The Kier molecular flexibility index (Phi) is 7.12. The first-order chi connectivity index (χ1) is 15.7. The minimum Gasteiger partial charge on any atom is -0.483 e. The number of aliphatic hydroxyl groups is 1. The van der Waals surface area contributed by atoms with Crippen molar-refractivity contribution in [1.29, 1.82) is 0 Å². The van der Waals surface area contributed by atoms with Gasteiger partial charge in [-0.2, -0.15) is 5.10 Å². The van der Waals surface area contributed by atoms with Gasteiger partial charge in [0.2, 0.25) is 5.91 Å². The van der Waals surface area contributed by atoms with E-state index < -0.39 is 5.41 Å². The second kappa shape index (κ2) is 9.82. The molecular formula is C22H27N5O6. The number of hydrogen-bond acceptors (Lipinski definition) is 6. The molecule has 4 rings (SSSR count). The van der Waals surface area contributed by atoms with Crippen LogP contribution >= 0.6 is 0 Å². The summed E-state index contributed by atoms with van der Waals surface area (Å²) in [6, 6.07) is 8.51. The van der Waals surface area contributed by atoms with Crippen LogP contribution in [-0.4, -0.2) is 86.8 Å². The molecule has 0 spiro atoms. The smallest absolute Gasteiger partial charge is 0.290 e. The molecule has 0 saturated carbocycles. The minimum absolute atomic E-state index is 0.00200. The number of nitrogens with zero attached hydrogens (tertiary/aromatic N) is 4. The van der Waals surface area contributed by atoms with Crippen molar-refractivity contribution in [3.05, 3.63) is 47.8 Å². The number of carbonyl (C=O) groups excluding carboxylic acids is 3. The van der Waals surface area contributed by atoms with Gasteiger partial charge in [0.15, 0.2) is 0 Å². The number of fused-ring (bicyclic) bond motifs is 1. The first-order valence-electron chi connectivity index (χ1n) is 10.4. The average Bonchev–Trinajstić information content (AvgIpc) is 3.45. The van der Waals surface area contributed by atoms with Crippen LogP contribution in [0.15, 0.2) is 36.5 Å². The van der Waals surface area contributed by atoms with Gasteiger partial charge in [0.05, 0.1) is 6.61 Å². The third-order valence-electron chi connectivity index (χ3n) is 6.12. The number of carboxylic acid groups (broad SMARTS) is 1. The lowest BCUT2D eigenvalue weighted by Crippen LogP contribution is -2.40. The number of hydrogen-bond donors (Lipinski definition) is 3. The molecule has 1 aromatic carbocycles. The Bertz CT molecular complexity index is 1050. The lowest BCUT2D eigenvalue weighted by molar-refractivity contribution is -0.123. The van der Waals surface area contributed by atoms with E-state index in [0.717, 1.165) is 0 Å². The average molecular weight is 457 g/mol. The Balaban J connectivity index is 0.000000968. The SMILES string of the molecule is CC(=O)Nc1cccc(C(=O)N2C[C@H]3CN(C(=O)c4ccnn4C)C[C@@]3(CO)C2)c1.O=CO. The molecule has 176 valence electrons. The van der Waals surface area contributed by atoms with Crippen LogP contribution in [0.4, 0.5) is 5.69 Å². The molecule has 2 aliphatic heterocycles. The van der Waals surface area contributed by atoms with Gasteiger partial charge in [-0.15, -0.1) is 0 Å². The highest BCUT2D eigenvalue weighted by atomic mass is 16.3. The van der Waals surface area contributed by atoms with E-state index in [1.54, 1.807) is 58.1 Å². The lowest BCUT2D eigenvalue weighted by atomic mass is 9.82. The van der Waals surface area contributed by atoms with Gasteiger partial charge in [0, 0.05) is 68.9 Å². The maximum absolute atomic E-state index is 13.1. The van der Waals surface area contributed by atoms with Crippen LogP contribution in [0.5, 0.6) is 0 Å². The molecule has 3 amide bonds. The predicted octanol–water partition coefficient (Wildman–Crippen LogP) is 0.286. The number of rotatable bonds is 4. The molecule has 2 fully saturated rings. The number of amides is 3. The fourth-order valence-electron chi connectivity index (χ4n) is 4.57. The first kappa shape index (κ1) is 23.9. The Morgan fingerprint density at radius 1 is 1.18 bits per heavy atom. The molecule has 2 atom stereocenters. The maximum Gasteiger partial charge on any atom is 0.290 e. The molecule has 2 saturated heterocycles. The number of anilines is 1. The Morgan fingerprint density at radius 3 is 2.33 bits per heavy atom. The van der Waals surface area contributed by atoms with Crippen molar-refractivity contribution in [2.75, 3.05) is 38.1 Å². The third kappa shape index (κ3) is 4.87. The van der Waals surface area contributed by atoms with Crippen molar-refractivity contribution in [2.24, 2.45) is 18.4 Å². The molecule has 3 heterocycles. The van der Waals surface area contributed by atoms with E-state index in [4.69, 9.17) is 9.90 Å². The van der Waals surface area contributed by atoms with Crippen molar-refractivity contribution in [1.82, 2.24) is 19.6 Å². The van der Waals surface area contributed by atoms with E-state index in [1.807, 2.05) is 0 Å².